The predicted molar refractivity (Wildman–Crippen MR) is 221 cm³/mol. The first-order valence-electron chi connectivity index (χ1n) is 20.0. The number of aromatic nitrogens is 2. The van der Waals surface area contributed by atoms with Crippen molar-refractivity contribution in [2.45, 2.75) is 63.8 Å². The lowest BCUT2D eigenvalue weighted by Crippen LogP contribution is -2.52. The first-order valence-corrected chi connectivity index (χ1v) is 20.0. The van der Waals surface area contributed by atoms with Crippen molar-refractivity contribution in [1.82, 2.24) is 36.6 Å². The van der Waals surface area contributed by atoms with E-state index in [0.717, 1.165) is 32.1 Å². The summed E-state index contributed by atoms with van der Waals surface area (Å²) in [6, 6.07) is 16.7. The van der Waals surface area contributed by atoms with Gasteiger partial charge in [0.25, 0.3) is 17.7 Å². The number of piperidine rings is 1. The van der Waals surface area contributed by atoms with E-state index in [0.29, 0.717) is 54.1 Å². The number of nitrogens with one attached hydrogen (secondary N) is 6. The fourth-order valence-electron chi connectivity index (χ4n) is 6.29. The molecule has 0 radical (unpaired) electrons. The smallest absolute Gasteiger partial charge is 0.483 e. The minimum absolute atomic E-state index is 0.00737. The number of hydrogen-bond acceptors (Lipinski definition) is 12. The van der Waals surface area contributed by atoms with Crippen LogP contribution in [0, 0.1) is 0 Å². The standard InChI is InChI=1S/C43H45F3N8O9/c44-43(45,46)63-31-15-13-30(14-16-31)52-35-22-33(50-26-51-35)27-9-7-10-28(21-27)40(59)49-23-37(57)47-19-5-3-1-2-4-6-20-48-38(58)25-62-34-12-8-11-29(24-55)39(34)42(61)53-32-17-18-36(56)54-41(32)60/h7-16,21-22,24,26,32H,1-6,17-20,23,25H2,(H,47,57)(H,48,58)(H,49,59)(H,53,61)(H,50,51,52)(H,54,56,60). The highest BCUT2D eigenvalue weighted by Crippen LogP contribution is 2.27. The number of carbonyl (C=O) groups excluding carboxylic acids is 7. The Hall–Kier alpha value is -7.38. The molecule has 1 aliphatic rings. The molecule has 3 aromatic carbocycles. The van der Waals surface area contributed by atoms with Gasteiger partial charge in [-0.05, 0) is 61.7 Å². The van der Waals surface area contributed by atoms with Crippen LogP contribution in [-0.2, 0) is 19.2 Å². The molecule has 0 bridgehead atoms. The van der Waals surface area contributed by atoms with Crippen molar-refractivity contribution in [1.29, 1.82) is 0 Å². The number of carbonyl (C=O) groups is 7. The summed E-state index contributed by atoms with van der Waals surface area (Å²) >= 11 is 0. The van der Waals surface area contributed by atoms with Gasteiger partial charge in [-0.1, -0.05) is 49.9 Å². The fourth-order valence-corrected chi connectivity index (χ4v) is 6.29. The highest BCUT2D eigenvalue weighted by molar-refractivity contribution is 6.07. The quantitative estimate of drug-likeness (QED) is 0.0364. The molecule has 20 heteroatoms. The van der Waals surface area contributed by atoms with Gasteiger partial charge >= 0.3 is 6.36 Å². The molecular formula is C43H45F3N8O9. The van der Waals surface area contributed by atoms with Crippen LogP contribution in [0.2, 0.25) is 0 Å². The van der Waals surface area contributed by atoms with Crippen molar-refractivity contribution in [2.75, 3.05) is 31.6 Å². The van der Waals surface area contributed by atoms with E-state index in [4.69, 9.17) is 4.74 Å². The van der Waals surface area contributed by atoms with Crippen LogP contribution < -0.4 is 41.4 Å². The minimum atomic E-state index is -4.80. The zero-order chi connectivity index (χ0) is 45.2. The van der Waals surface area contributed by atoms with Crippen LogP contribution in [0.15, 0.2) is 79.1 Å². The molecular weight excluding hydrogens is 830 g/mol. The SMILES string of the molecule is O=Cc1cccc(OCC(=O)NCCCCCCCCNC(=O)CNC(=O)c2cccc(-c3cc(Nc4ccc(OC(F)(F)F)cc4)ncn3)c2)c1C(=O)NC1CCC(=O)NC1=O. The van der Waals surface area contributed by atoms with Crippen LogP contribution >= 0.6 is 0 Å². The summed E-state index contributed by atoms with van der Waals surface area (Å²) in [5.74, 6) is -3.07. The number of halogens is 3. The molecule has 0 saturated carbocycles. The number of nitrogens with zero attached hydrogens (tertiary/aromatic N) is 2. The molecule has 1 aromatic heterocycles. The van der Waals surface area contributed by atoms with E-state index in [2.05, 4.69) is 46.6 Å². The van der Waals surface area contributed by atoms with E-state index in [1.54, 1.807) is 30.3 Å². The molecule has 0 aliphatic carbocycles. The van der Waals surface area contributed by atoms with Crippen molar-refractivity contribution in [3.63, 3.8) is 0 Å². The summed E-state index contributed by atoms with van der Waals surface area (Å²) in [5, 5.41) is 15.8. The molecule has 5 rings (SSSR count). The number of alkyl halides is 3. The van der Waals surface area contributed by atoms with E-state index >= 15 is 0 Å². The van der Waals surface area contributed by atoms with Gasteiger partial charge in [0, 0.05) is 48.0 Å². The largest absolute Gasteiger partial charge is 0.573 e. The van der Waals surface area contributed by atoms with Gasteiger partial charge < -0.3 is 36.1 Å². The van der Waals surface area contributed by atoms with E-state index in [9.17, 15) is 46.7 Å². The second-order valence-electron chi connectivity index (χ2n) is 14.2. The number of anilines is 2. The molecule has 332 valence electrons. The van der Waals surface area contributed by atoms with Gasteiger partial charge in [0.1, 0.15) is 29.7 Å². The normalized spacial score (nSPS) is 13.5. The lowest BCUT2D eigenvalue weighted by molar-refractivity contribution is -0.274. The molecule has 63 heavy (non-hydrogen) atoms. The molecule has 1 atom stereocenters. The summed E-state index contributed by atoms with van der Waals surface area (Å²) in [6.45, 7) is 0.205. The first kappa shape index (κ1) is 46.7. The number of amides is 6. The zero-order valence-electron chi connectivity index (χ0n) is 33.8. The van der Waals surface area contributed by atoms with E-state index in [-0.39, 0.29) is 47.9 Å². The van der Waals surface area contributed by atoms with Gasteiger partial charge in [0.15, 0.2) is 12.9 Å². The summed E-state index contributed by atoms with van der Waals surface area (Å²) in [5.41, 5.74) is 1.71. The number of imide groups is 1. The van der Waals surface area contributed by atoms with Gasteiger partial charge in [-0.25, -0.2) is 9.97 Å². The Morgan fingerprint density at radius 1 is 0.810 bits per heavy atom. The lowest BCUT2D eigenvalue weighted by Gasteiger charge is -2.22. The molecule has 1 saturated heterocycles. The summed E-state index contributed by atoms with van der Waals surface area (Å²) < 4.78 is 46.8. The Morgan fingerprint density at radius 3 is 2.21 bits per heavy atom. The van der Waals surface area contributed by atoms with E-state index < -0.39 is 48.5 Å². The van der Waals surface area contributed by atoms with Gasteiger partial charge in [-0.2, -0.15) is 0 Å². The average molecular weight is 875 g/mol. The number of ether oxygens (including phenoxy) is 2. The zero-order valence-corrected chi connectivity index (χ0v) is 33.8. The summed E-state index contributed by atoms with van der Waals surface area (Å²) in [4.78, 5) is 94.2. The molecule has 6 N–H and O–H groups in total. The fraction of sp³-hybridized carbons (Fsp3) is 0.326. The van der Waals surface area contributed by atoms with Crippen LogP contribution in [0.25, 0.3) is 11.3 Å². The maximum atomic E-state index is 13.0. The van der Waals surface area contributed by atoms with Crippen LogP contribution in [0.3, 0.4) is 0 Å². The van der Waals surface area contributed by atoms with Gasteiger partial charge in [0.2, 0.25) is 17.7 Å². The van der Waals surface area contributed by atoms with Crippen LogP contribution in [-0.4, -0.2) is 90.3 Å². The lowest BCUT2D eigenvalue weighted by atomic mass is 10.0. The van der Waals surface area contributed by atoms with Gasteiger partial charge in [-0.15, -0.1) is 13.2 Å². The number of hydrogen-bond donors (Lipinski definition) is 6. The molecule has 0 spiro atoms. The predicted octanol–water partition coefficient (Wildman–Crippen LogP) is 4.52. The van der Waals surface area contributed by atoms with Crippen molar-refractivity contribution >= 4 is 53.2 Å². The molecule has 1 unspecified atom stereocenters. The molecule has 17 nitrogen and oxygen atoms in total. The Morgan fingerprint density at radius 2 is 1.51 bits per heavy atom. The molecule has 1 fully saturated rings. The summed E-state index contributed by atoms with van der Waals surface area (Å²) in [7, 11) is 0. The maximum Gasteiger partial charge on any atom is 0.573 e. The van der Waals surface area contributed by atoms with Crippen LogP contribution in [0.1, 0.15) is 82.4 Å². The summed E-state index contributed by atoms with van der Waals surface area (Å²) in [6.07, 6.45) is 2.12. The Labute approximate surface area is 359 Å². The van der Waals surface area contributed by atoms with Crippen molar-refractivity contribution in [2.24, 2.45) is 0 Å². The van der Waals surface area contributed by atoms with Crippen molar-refractivity contribution in [3.05, 3.63) is 95.8 Å². The Kier molecular flexibility index (Phi) is 17.0. The number of rotatable bonds is 22. The highest BCUT2D eigenvalue weighted by Gasteiger charge is 2.31. The number of aldehydes is 1. The second kappa shape index (κ2) is 23.0. The maximum absolute atomic E-state index is 13.0. The highest BCUT2D eigenvalue weighted by atomic mass is 19.4. The molecule has 6 amide bonds. The third-order valence-corrected chi connectivity index (χ3v) is 9.42. The first-order chi connectivity index (χ1) is 30.3. The van der Waals surface area contributed by atoms with Gasteiger partial charge in [0.05, 0.1) is 17.8 Å². The van der Waals surface area contributed by atoms with Crippen LogP contribution in [0.4, 0.5) is 24.7 Å². The molecule has 4 aromatic rings. The molecule has 2 heterocycles. The minimum Gasteiger partial charge on any atom is -0.483 e. The number of unbranched alkanes of at least 4 members (excludes halogenated alkanes) is 5. The number of benzene rings is 3. The van der Waals surface area contributed by atoms with Crippen LogP contribution in [0.5, 0.6) is 11.5 Å². The van der Waals surface area contributed by atoms with Crippen molar-refractivity contribution in [3.8, 4) is 22.8 Å². The second-order valence-corrected chi connectivity index (χ2v) is 14.2. The van der Waals surface area contributed by atoms with Gasteiger partial charge in [-0.3, -0.25) is 38.9 Å². The Balaban J connectivity index is 0.922. The average Bonchev–Trinajstić information content (AvgIpc) is 3.26. The van der Waals surface area contributed by atoms with E-state index in [1.807, 2.05) is 0 Å². The third kappa shape index (κ3) is 15.2. The van der Waals surface area contributed by atoms with Crippen molar-refractivity contribution < 1.29 is 56.2 Å². The topological polar surface area (TPSA) is 236 Å². The molecule has 1 aliphatic heterocycles. The monoisotopic (exact) mass is 874 g/mol. The third-order valence-electron chi connectivity index (χ3n) is 9.42. The Bertz CT molecular complexity index is 2270. The van der Waals surface area contributed by atoms with E-state index in [1.165, 1.54) is 48.8 Å².